The van der Waals surface area contributed by atoms with Crippen LogP contribution in [0.3, 0.4) is 0 Å². The Morgan fingerprint density at radius 1 is 1.40 bits per heavy atom. The Bertz CT molecular complexity index is 17.1. The van der Waals surface area contributed by atoms with Gasteiger partial charge in [0.05, 0.1) is 0 Å². The van der Waals surface area contributed by atoms with Gasteiger partial charge in [-0.05, 0) is 0 Å². The third-order valence-corrected chi connectivity index (χ3v) is 0. The lowest BCUT2D eigenvalue weighted by atomic mass is 12.0. The van der Waals surface area contributed by atoms with E-state index in [-0.39, 0.29) is 17.9 Å². The molecule has 0 radical (unpaired) electrons. The molecule has 0 amide bonds. The van der Waals surface area contributed by atoms with Crippen LogP contribution in [0.2, 0.25) is 0 Å². The maximum Gasteiger partial charge on any atom is 0.321 e. The summed E-state index contributed by atoms with van der Waals surface area (Å²) in [4.78, 5) is 0. The van der Waals surface area contributed by atoms with Crippen molar-refractivity contribution >= 4 is 8.46 Å². The Balaban J connectivity index is -0.0000000200. The minimum atomic E-state index is -0.167. The van der Waals surface area contributed by atoms with Gasteiger partial charge >= 0.3 is 8.46 Å². The van der Waals surface area contributed by atoms with Crippen LogP contribution in [0.25, 0.3) is 0 Å². The van der Waals surface area contributed by atoms with Crippen molar-refractivity contribution < 1.29 is 14.0 Å². The van der Waals surface area contributed by atoms with E-state index in [1.807, 2.05) is 0 Å². The van der Waals surface area contributed by atoms with Crippen LogP contribution in [0.1, 0.15) is 0 Å². The molecule has 0 heterocycles. The predicted molar refractivity (Wildman–Crippen MR) is 19.9 cm³/mol. The minimum absolute atomic E-state index is 0. The van der Waals surface area contributed by atoms with Gasteiger partial charge in [-0.1, -0.05) is 4.57 Å². The molecule has 0 saturated heterocycles. The molecule has 5 heavy (non-hydrogen) atoms. The molecule has 0 aromatic rings. The second kappa shape index (κ2) is 37.6. The van der Waals surface area contributed by atoms with Gasteiger partial charge in [-0.3, -0.25) is 9.41 Å². The van der Waals surface area contributed by atoms with Crippen LogP contribution in [-0.4, -0.2) is 6.66 Å². The van der Waals surface area contributed by atoms with Crippen LogP contribution in [0, 0.1) is 0 Å². The van der Waals surface area contributed by atoms with Crippen LogP contribution in [-0.2, 0) is 4.57 Å². The molecule has 0 spiro atoms. The molecule has 0 saturated carbocycles. The summed E-state index contributed by atoms with van der Waals surface area (Å²) in [5.41, 5.74) is 0. The van der Waals surface area contributed by atoms with Crippen molar-refractivity contribution in [2.45, 2.75) is 0 Å². The summed E-state index contributed by atoms with van der Waals surface area (Å²) in [5.74, 6) is 0. The normalized spacial score (nSPS) is 4.20. The Labute approximate surface area is 30.3 Å². The minimum Gasteiger partial charge on any atom is -0.269 e. The van der Waals surface area contributed by atoms with Gasteiger partial charge in [-0.15, -0.1) is 0 Å². The lowest BCUT2D eigenvalue weighted by Crippen LogP contribution is -0.988. The van der Waals surface area contributed by atoms with Crippen LogP contribution in [0.15, 0.2) is 0 Å². The van der Waals surface area contributed by atoms with Gasteiger partial charge in [0, 0.05) is 0 Å². The lowest BCUT2D eigenvalue weighted by Gasteiger charge is -1.04. The van der Waals surface area contributed by atoms with Gasteiger partial charge in [0.25, 0.3) is 0 Å². The van der Waals surface area contributed by atoms with E-state index in [1.54, 1.807) is 6.66 Å². The largest absolute Gasteiger partial charge is 0.321 e. The number of halogens is 2. The molecule has 1 nitrogen and oxygen atoms in total. The summed E-state index contributed by atoms with van der Waals surface area (Å²) in [6.45, 7) is 1.60. The van der Waals surface area contributed by atoms with Crippen molar-refractivity contribution in [3.63, 3.8) is 0 Å². The molecule has 0 fully saturated rings. The third kappa shape index (κ3) is 9510. The molecule has 0 bridgehead atoms. The lowest BCUT2D eigenvalue weighted by molar-refractivity contribution is 0.601. The van der Waals surface area contributed by atoms with Gasteiger partial charge in [-0.2, -0.15) is 0 Å². The number of rotatable bonds is 0. The molecule has 0 N–H and O–H groups in total. The number of hydrogen-bond donors (Lipinski definition) is 0. The molecule has 0 aromatic heterocycles. The first-order chi connectivity index (χ1) is 1.41. The van der Waals surface area contributed by atoms with Crippen molar-refractivity contribution in [1.29, 1.82) is 0 Å². The first kappa shape index (κ1) is 20.2. The second-order valence-corrected chi connectivity index (χ2v) is 0.612. The maximum absolute atomic E-state index is 8.96. The summed E-state index contributed by atoms with van der Waals surface area (Å²) >= 11 is 0. The molecular formula is CH6F2OP+. The van der Waals surface area contributed by atoms with E-state index in [0.717, 1.165) is 0 Å². The molecule has 0 aliphatic carbocycles. The fourth-order valence-electron chi connectivity index (χ4n) is 0. The summed E-state index contributed by atoms with van der Waals surface area (Å²) in [5, 5.41) is 0. The highest BCUT2D eigenvalue weighted by atomic mass is 31.1. The van der Waals surface area contributed by atoms with Crippen LogP contribution < -0.4 is 0 Å². The smallest absolute Gasteiger partial charge is 0.269 e. The van der Waals surface area contributed by atoms with Crippen LogP contribution in [0.4, 0.5) is 9.41 Å². The van der Waals surface area contributed by atoms with E-state index < -0.39 is 0 Å². The SMILES string of the molecule is C[PH+]=O.F.F. The standard InChI is InChI=1S/CH3OP.2FH/c1-3-2;;/h1H3;2*1H/p+1. The monoisotopic (exact) mass is 103 g/mol. The quantitative estimate of drug-likeness (QED) is 0.417. The van der Waals surface area contributed by atoms with Crippen molar-refractivity contribution in [1.82, 2.24) is 0 Å². The van der Waals surface area contributed by atoms with Crippen molar-refractivity contribution in [3.05, 3.63) is 0 Å². The average Bonchev–Trinajstić information content (AvgIpc) is 0.918. The zero-order valence-electron chi connectivity index (χ0n) is 2.72. The highest BCUT2D eigenvalue weighted by Gasteiger charge is 1.43. The zero-order valence-corrected chi connectivity index (χ0v) is 3.72. The molecular weight excluding hydrogens is 97.0 g/mol. The summed E-state index contributed by atoms with van der Waals surface area (Å²) in [7, 11) is -0.167. The Kier molecular flexibility index (Phi) is 152. The Morgan fingerprint density at radius 3 is 1.40 bits per heavy atom. The topological polar surface area (TPSA) is 17.1 Å². The van der Waals surface area contributed by atoms with E-state index in [9.17, 15) is 0 Å². The van der Waals surface area contributed by atoms with E-state index in [2.05, 4.69) is 0 Å². The van der Waals surface area contributed by atoms with Gasteiger partial charge in [0.2, 0.25) is 0 Å². The van der Waals surface area contributed by atoms with Gasteiger partial charge in [0.15, 0.2) is 0 Å². The molecule has 1 unspecified atom stereocenters. The molecule has 0 aliphatic rings. The second-order valence-electron chi connectivity index (χ2n) is 0.204. The Morgan fingerprint density at radius 2 is 1.40 bits per heavy atom. The van der Waals surface area contributed by atoms with Crippen LogP contribution in [0.5, 0.6) is 0 Å². The van der Waals surface area contributed by atoms with Crippen LogP contribution >= 0.6 is 8.46 Å². The van der Waals surface area contributed by atoms with E-state index >= 15 is 0 Å². The first-order valence-corrected chi connectivity index (χ1v) is 2.11. The third-order valence-electron chi connectivity index (χ3n) is 0. The van der Waals surface area contributed by atoms with Crippen molar-refractivity contribution in [2.75, 3.05) is 6.66 Å². The van der Waals surface area contributed by atoms with E-state index in [1.165, 1.54) is 0 Å². The molecule has 0 aromatic carbocycles. The van der Waals surface area contributed by atoms with E-state index in [4.69, 9.17) is 4.57 Å². The van der Waals surface area contributed by atoms with Gasteiger partial charge < -0.3 is 0 Å². The van der Waals surface area contributed by atoms with Crippen molar-refractivity contribution in [2.24, 2.45) is 0 Å². The molecule has 34 valence electrons. The summed E-state index contributed by atoms with van der Waals surface area (Å²) in [6.07, 6.45) is 0. The molecule has 4 heteroatoms. The number of hydrogen-bond acceptors (Lipinski definition) is 1. The highest BCUT2D eigenvalue weighted by molar-refractivity contribution is 7.22. The highest BCUT2D eigenvalue weighted by Crippen LogP contribution is 1.67. The fraction of sp³-hybridized carbons (Fsp3) is 1.00. The van der Waals surface area contributed by atoms with Gasteiger partial charge in [0.1, 0.15) is 6.66 Å². The van der Waals surface area contributed by atoms with E-state index in [0.29, 0.717) is 0 Å². The zero-order chi connectivity index (χ0) is 2.71. The fourth-order valence-corrected chi connectivity index (χ4v) is 0. The summed E-state index contributed by atoms with van der Waals surface area (Å²) < 4.78 is 8.96. The molecule has 0 aliphatic heterocycles. The first-order valence-electron chi connectivity index (χ1n) is 0.704. The average molecular weight is 103 g/mol. The predicted octanol–water partition coefficient (Wildman–Crippen LogP) is 0.945. The van der Waals surface area contributed by atoms with Gasteiger partial charge in [-0.25, -0.2) is 0 Å². The van der Waals surface area contributed by atoms with Crippen molar-refractivity contribution in [3.8, 4) is 0 Å². The molecule has 0 rings (SSSR count). The Hall–Kier alpha value is -0.0400. The molecule has 1 atom stereocenters. The summed E-state index contributed by atoms with van der Waals surface area (Å²) in [6, 6.07) is 0. The maximum atomic E-state index is 8.96.